The van der Waals surface area contributed by atoms with Gasteiger partial charge in [-0.3, -0.25) is 14.4 Å². The van der Waals surface area contributed by atoms with Crippen LogP contribution in [0.15, 0.2) is 91.0 Å². The first-order valence-corrected chi connectivity index (χ1v) is 12.1. The van der Waals surface area contributed by atoms with Crippen LogP contribution in [0.25, 0.3) is 16.9 Å². The predicted octanol–water partition coefficient (Wildman–Crippen LogP) is 4.38. The lowest BCUT2D eigenvalue weighted by Crippen LogP contribution is -2.45. The SMILES string of the molecule is C[C@@H]1CC(=O)Nc2ccccc2N1C(=O)CN(C)C(=O)c1cc(-c2ccccc2)nn1-c1ccccc1. The Bertz CT molecular complexity index is 1450. The minimum Gasteiger partial charge on any atom is -0.331 e. The van der Waals surface area contributed by atoms with E-state index in [1.165, 1.54) is 4.90 Å². The van der Waals surface area contributed by atoms with E-state index in [0.717, 1.165) is 11.3 Å². The van der Waals surface area contributed by atoms with Gasteiger partial charge in [0.25, 0.3) is 5.91 Å². The van der Waals surface area contributed by atoms with Crippen molar-refractivity contribution in [2.75, 3.05) is 23.8 Å². The van der Waals surface area contributed by atoms with Gasteiger partial charge in [-0.25, -0.2) is 4.68 Å². The third-order valence-electron chi connectivity index (χ3n) is 6.35. The number of anilines is 2. The zero-order valence-corrected chi connectivity index (χ0v) is 20.7. The van der Waals surface area contributed by atoms with Crippen LogP contribution >= 0.6 is 0 Å². The quantitative estimate of drug-likeness (QED) is 0.447. The molecular weight excluding hydrogens is 466 g/mol. The van der Waals surface area contributed by atoms with Crippen LogP contribution in [0.2, 0.25) is 0 Å². The predicted molar refractivity (Wildman–Crippen MR) is 143 cm³/mol. The van der Waals surface area contributed by atoms with Crippen molar-refractivity contribution < 1.29 is 14.4 Å². The largest absolute Gasteiger partial charge is 0.331 e. The molecule has 0 fully saturated rings. The summed E-state index contributed by atoms with van der Waals surface area (Å²) in [7, 11) is 1.60. The number of fused-ring (bicyclic) bond motifs is 1. The summed E-state index contributed by atoms with van der Waals surface area (Å²) in [6, 6.07) is 27.6. The molecule has 3 amide bonds. The van der Waals surface area contributed by atoms with Crippen molar-refractivity contribution in [2.45, 2.75) is 19.4 Å². The maximum absolute atomic E-state index is 13.7. The molecule has 37 heavy (non-hydrogen) atoms. The van der Waals surface area contributed by atoms with Crippen LogP contribution in [0, 0.1) is 0 Å². The van der Waals surface area contributed by atoms with E-state index in [4.69, 9.17) is 5.10 Å². The van der Waals surface area contributed by atoms with Crippen molar-refractivity contribution in [1.82, 2.24) is 14.7 Å². The molecule has 5 rings (SSSR count). The first-order valence-electron chi connectivity index (χ1n) is 12.1. The Kier molecular flexibility index (Phi) is 6.55. The lowest BCUT2D eigenvalue weighted by atomic mass is 10.1. The van der Waals surface area contributed by atoms with Crippen molar-refractivity contribution in [3.05, 3.63) is 96.7 Å². The number of likely N-dealkylation sites (N-methyl/N-ethyl adjacent to an activating group) is 1. The number of amides is 3. The van der Waals surface area contributed by atoms with E-state index in [1.807, 2.05) is 79.7 Å². The second kappa shape index (κ2) is 10.1. The van der Waals surface area contributed by atoms with Gasteiger partial charge in [-0.05, 0) is 37.3 Å². The molecule has 0 unspecified atom stereocenters. The summed E-state index contributed by atoms with van der Waals surface area (Å²) in [5, 5.41) is 7.57. The van der Waals surface area contributed by atoms with Gasteiger partial charge in [-0.1, -0.05) is 60.7 Å². The third-order valence-corrected chi connectivity index (χ3v) is 6.35. The molecule has 4 aromatic rings. The summed E-state index contributed by atoms with van der Waals surface area (Å²) in [5.41, 5.74) is 3.83. The highest BCUT2D eigenvalue weighted by Gasteiger charge is 2.31. The monoisotopic (exact) mass is 493 g/mol. The van der Waals surface area contributed by atoms with Gasteiger partial charge in [0.15, 0.2) is 0 Å². The number of carbonyl (C=O) groups is 3. The molecule has 1 aromatic heterocycles. The fourth-order valence-electron chi connectivity index (χ4n) is 4.56. The molecule has 186 valence electrons. The van der Waals surface area contributed by atoms with Crippen LogP contribution < -0.4 is 10.2 Å². The van der Waals surface area contributed by atoms with Crippen LogP contribution in [0.5, 0.6) is 0 Å². The first kappa shape index (κ1) is 24.0. The molecule has 1 N–H and O–H groups in total. The number of aromatic nitrogens is 2. The van der Waals surface area contributed by atoms with Gasteiger partial charge in [0.2, 0.25) is 11.8 Å². The third kappa shape index (κ3) is 4.86. The van der Waals surface area contributed by atoms with E-state index < -0.39 is 0 Å². The number of hydrogen-bond donors (Lipinski definition) is 1. The minimum atomic E-state index is -0.362. The number of nitrogens with zero attached hydrogens (tertiary/aromatic N) is 4. The van der Waals surface area contributed by atoms with Gasteiger partial charge in [0.05, 0.1) is 22.8 Å². The molecule has 2 heterocycles. The van der Waals surface area contributed by atoms with Crippen LogP contribution in [0.3, 0.4) is 0 Å². The summed E-state index contributed by atoms with van der Waals surface area (Å²) in [4.78, 5) is 42.5. The fraction of sp³-hybridized carbons (Fsp3) is 0.172. The zero-order valence-electron chi connectivity index (χ0n) is 20.7. The van der Waals surface area contributed by atoms with Crippen LogP contribution in [0.4, 0.5) is 11.4 Å². The highest BCUT2D eigenvalue weighted by atomic mass is 16.2. The first-order chi connectivity index (χ1) is 17.9. The minimum absolute atomic E-state index is 0.153. The number of hydrogen-bond acceptors (Lipinski definition) is 4. The molecule has 0 saturated heterocycles. The Morgan fingerprint density at radius 1 is 0.973 bits per heavy atom. The van der Waals surface area contributed by atoms with Gasteiger partial charge in [-0.2, -0.15) is 5.10 Å². The molecule has 0 spiro atoms. The van der Waals surface area contributed by atoms with Gasteiger partial charge in [0, 0.05) is 25.1 Å². The Balaban J connectivity index is 1.45. The van der Waals surface area contributed by atoms with E-state index in [-0.39, 0.29) is 36.7 Å². The number of carbonyl (C=O) groups excluding carboxylic acids is 3. The number of rotatable bonds is 5. The van der Waals surface area contributed by atoms with Gasteiger partial charge in [-0.15, -0.1) is 0 Å². The van der Waals surface area contributed by atoms with Crippen LogP contribution in [-0.2, 0) is 9.59 Å². The van der Waals surface area contributed by atoms with Gasteiger partial charge < -0.3 is 15.1 Å². The summed E-state index contributed by atoms with van der Waals surface area (Å²) in [6.07, 6.45) is 0.166. The van der Waals surface area contributed by atoms with E-state index in [1.54, 1.807) is 34.8 Å². The fourth-order valence-corrected chi connectivity index (χ4v) is 4.56. The molecule has 8 heteroatoms. The summed E-state index contributed by atoms with van der Waals surface area (Å²) in [6.45, 7) is 1.67. The molecule has 8 nitrogen and oxygen atoms in total. The van der Waals surface area contributed by atoms with E-state index in [2.05, 4.69) is 5.32 Å². The molecule has 0 radical (unpaired) electrons. The Labute approximate surface area is 215 Å². The second-order valence-electron chi connectivity index (χ2n) is 9.07. The smallest absolute Gasteiger partial charge is 0.272 e. The summed E-state index contributed by atoms with van der Waals surface area (Å²) in [5.74, 6) is -0.766. The lowest BCUT2D eigenvalue weighted by Gasteiger charge is -2.29. The molecule has 1 aliphatic heterocycles. The van der Waals surface area contributed by atoms with Crippen molar-refractivity contribution >= 4 is 29.1 Å². The summed E-state index contributed by atoms with van der Waals surface area (Å²) < 4.78 is 1.61. The highest BCUT2D eigenvalue weighted by Crippen LogP contribution is 2.31. The van der Waals surface area contributed by atoms with E-state index >= 15 is 0 Å². The molecule has 0 aliphatic carbocycles. The number of para-hydroxylation sites is 3. The molecular formula is C29H27N5O3. The average molecular weight is 494 g/mol. The molecule has 3 aromatic carbocycles. The van der Waals surface area contributed by atoms with Crippen LogP contribution in [0.1, 0.15) is 23.8 Å². The maximum Gasteiger partial charge on any atom is 0.272 e. The van der Waals surface area contributed by atoms with E-state index in [0.29, 0.717) is 22.8 Å². The standard InChI is InChI=1S/C29H27N5O3/c1-20-17-27(35)30-23-15-9-10-16-25(23)33(20)28(36)19-32(2)29(37)26-18-24(21-11-5-3-6-12-21)31-34(26)22-13-7-4-8-14-22/h3-16,18,20H,17,19H2,1-2H3,(H,30,35)/t20-/m1/s1. The number of benzene rings is 3. The van der Waals surface area contributed by atoms with Gasteiger partial charge in [0.1, 0.15) is 12.2 Å². The average Bonchev–Trinajstić information content (AvgIpc) is 3.30. The van der Waals surface area contributed by atoms with Crippen molar-refractivity contribution in [1.29, 1.82) is 0 Å². The Morgan fingerprint density at radius 3 is 2.35 bits per heavy atom. The highest BCUT2D eigenvalue weighted by molar-refractivity contribution is 6.06. The molecule has 0 bridgehead atoms. The maximum atomic E-state index is 13.7. The van der Waals surface area contributed by atoms with Crippen molar-refractivity contribution in [2.24, 2.45) is 0 Å². The van der Waals surface area contributed by atoms with Crippen LogP contribution in [-0.4, -0.2) is 52.0 Å². The Hall–Kier alpha value is -4.72. The second-order valence-corrected chi connectivity index (χ2v) is 9.07. The topological polar surface area (TPSA) is 87.5 Å². The molecule has 1 atom stereocenters. The summed E-state index contributed by atoms with van der Waals surface area (Å²) >= 11 is 0. The lowest BCUT2D eigenvalue weighted by molar-refractivity contribution is -0.119. The molecule has 0 saturated carbocycles. The number of nitrogens with one attached hydrogen (secondary N) is 1. The van der Waals surface area contributed by atoms with Crippen molar-refractivity contribution in [3.8, 4) is 16.9 Å². The zero-order chi connectivity index (χ0) is 25.9. The van der Waals surface area contributed by atoms with Crippen molar-refractivity contribution in [3.63, 3.8) is 0 Å². The normalized spacial score (nSPS) is 14.9. The van der Waals surface area contributed by atoms with Gasteiger partial charge >= 0.3 is 0 Å². The Morgan fingerprint density at radius 2 is 1.62 bits per heavy atom. The molecule has 1 aliphatic rings. The van der Waals surface area contributed by atoms with E-state index in [9.17, 15) is 14.4 Å².